The van der Waals surface area contributed by atoms with Crippen LogP contribution in [0.5, 0.6) is 0 Å². The molecule has 0 atom stereocenters. The van der Waals surface area contributed by atoms with E-state index in [0.29, 0.717) is 11.8 Å². The van der Waals surface area contributed by atoms with Crippen molar-refractivity contribution in [2.45, 2.75) is 29.8 Å². The minimum absolute atomic E-state index is 0.120. The number of benzene rings is 1. The van der Waals surface area contributed by atoms with Crippen molar-refractivity contribution in [3.8, 4) is 0 Å². The molecule has 0 spiro atoms. The molecule has 0 bridgehead atoms. The van der Waals surface area contributed by atoms with Gasteiger partial charge in [-0.15, -0.1) is 5.10 Å². The third kappa shape index (κ3) is 2.84. The van der Waals surface area contributed by atoms with Crippen molar-refractivity contribution in [1.82, 2.24) is 20.2 Å². The Labute approximate surface area is 119 Å². The Morgan fingerprint density at radius 1 is 1.40 bits per heavy atom. The summed E-state index contributed by atoms with van der Waals surface area (Å²) in [5.74, 6) is -0.0934. The molecule has 3 rings (SSSR count). The van der Waals surface area contributed by atoms with Gasteiger partial charge in [-0.1, -0.05) is 23.9 Å². The first-order valence-electron chi connectivity index (χ1n) is 6.20. The highest BCUT2D eigenvalue weighted by molar-refractivity contribution is 7.98. The number of tetrazole rings is 1. The van der Waals surface area contributed by atoms with Crippen LogP contribution in [0.15, 0.2) is 23.4 Å². The van der Waals surface area contributed by atoms with Gasteiger partial charge in [0, 0.05) is 11.2 Å². The summed E-state index contributed by atoms with van der Waals surface area (Å²) in [6, 6.07) is 4.68. The predicted octanol–water partition coefficient (Wildman–Crippen LogP) is 0.119. The average Bonchev–Trinajstić information content (AvgIpc) is 3.16. The molecule has 1 aliphatic carbocycles. The first-order chi connectivity index (χ1) is 9.65. The molecule has 9 heteroatoms. The topological polar surface area (TPSA) is 84.1 Å². The smallest absolute Gasteiger partial charge is 0.423 e. The fraction of sp³-hybridized carbons (Fsp3) is 0.364. The summed E-state index contributed by atoms with van der Waals surface area (Å²) in [5.41, 5.74) is 0.662. The number of halogens is 1. The number of rotatable bonds is 5. The van der Waals surface area contributed by atoms with Crippen LogP contribution in [-0.4, -0.2) is 37.4 Å². The summed E-state index contributed by atoms with van der Waals surface area (Å²) in [5, 5.41) is 30.4. The molecule has 1 saturated carbocycles. The van der Waals surface area contributed by atoms with Crippen molar-refractivity contribution < 1.29 is 14.4 Å². The van der Waals surface area contributed by atoms with E-state index in [2.05, 4.69) is 15.5 Å². The van der Waals surface area contributed by atoms with Crippen molar-refractivity contribution in [3.63, 3.8) is 0 Å². The largest absolute Gasteiger partial charge is 0.491 e. The standard InChI is InChI=1S/C11H12BFN4O2S/c13-10-4-1-7(5-9(10)12(18)19)6-20-11-14-15-16-17(11)8-2-3-8/h1,4-5,8,18-19H,2-3,6H2. The van der Waals surface area contributed by atoms with Gasteiger partial charge in [0.25, 0.3) is 0 Å². The highest BCUT2D eigenvalue weighted by Crippen LogP contribution is 2.36. The van der Waals surface area contributed by atoms with Crippen LogP contribution in [0, 0.1) is 5.82 Å². The van der Waals surface area contributed by atoms with Crippen LogP contribution in [0.2, 0.25) is 0 Å². The Balaban J connectivity index is 1.71. The van der Waals surface area contributed by atoms with Gasteiger partial charge in [0.2, 0.25) is 5.16 Å². The van der Waals surface area contributed by atoms with E-state index in [1.807, 2.05) is 0 Å². The van der Waals surface area contributed by atoms with Gasteiger partial charge < -0.3 is 10.0 Å². The number of thioether (sulfide) groups is 1. The predicted molar refractivity (Wildman–Crippen MR) is 71.9 cm³/mol. The van der Waals surface area contributed by atoms with Gasteiger partial charge in [0.15, 0.2) is 0 Å². The number of hydrogen-bond donors (Lipinski definition) is 2. The van der Waals surface area contributed by atoms with Crippen LogP contribution in [0.4, 0.5) is 4.39 Å². The first kappa shape index (κ1) is 13.5. The van der Waals surface area contributed by atoms with E-state index in [1.54, 1.807) is 10.7 Å². The third-order valence-corrected chi connectivity index (χ3v) is 4.07. The van der Waals surface area contributed by atoms with Crippen molar-refractivity contribution >= 4 is 24.3 Å². The lowest BCUT2D eigenvalue weighted by molar-refractivity contribution is 0.423. The van der Waals surface area contributed by atoms with Gasteiger partial charge >= 0.3 is 7.12 Å². The zero-order valence-corrected chi connectivity index (χ0v) is 11.3. The summed E-state index contributed by atoms with van der Waals surface area (Å²) in [7, 11) is -1.81. The molecule has 1 heterocycles. The second-order valence-electron chi connectivity index (χ2n) is 4.66. The zero-order valence-electron chi connectivity index (χ0n) is 10.5. The first-order valence-corrected chi connectivity index (χ1v) is 7.19. The summed E-state index contributed by atoms with van der Waals surface area (Å²) < 4.78 is 15.2. The summed E-state index contributed by atoms with van der Waals surface area (Å²) in [6.45, 7) is 0. The fourth-order valence-corrected chi connectivity index (χ4v) is 2.74. The number of aromatic nitrogens is 4. The van der Waals surface area contributed by atoms with Crippen LogP contribution in [-0.2, 0) is 5.75 Å². The Morgan fingerprint density at radius 3 is 2.90 bits per heavy atom. The Morgan fingerprint density at radius 2 is 2.20 bits per heavy atom. The Kier molecular flexibility index (Phi) is 3.73. The lowest BCUT2D eigenvalue weighted by atomic mass is 9.79. The van der Waals surface area contributed by atoms with Gasteiger partial charge in [-0.2, -0.15) is 0 Å². The monoisotopic (exact) mass is 294 g/mol. The number of hydrogen-bond acceptors (Lipinski definition) is 6. The normalized spacial score (nSPS) is 14.6. The van der Waals surface area contributed by atoms with E-state index in [0.717, 1.165) is 23.6 Å². The minimum atomic E-state index is -1.81. The van der Waals surface area contributed by atoms with E-state index in [9.17, 15) is 4.39 Å². The lowest BCUT2D eigenvalue weighted by Crippen LogP contribution is -2.33. The molecule has 1 aromatic carbocycles. The molecule has 1 aromatic heterocycles. The second kappa shape index (κ2) is 5.51. The molecule has 20 heavy (non-hydrogen) atoms. The van der Waals surface area contributed by atoms with E-state index >= 15 is 0 Å². The van der Waals surface area contributed by atoms with E-state index in [4.69, 9.17) is 10.0 Å². The molecule has 0 radical (unpaired) electrons. The van der Waals surface area contributed by atoms with Crippen molar-refractivity contribution in [3.05, 3.63) is 29.6 Å². The third-order valence-electron chi connectivity index (χ3n) is 3.06. The molecule has 6 nitrogen and oxygen atoms in total. The van der Waals surface area contributed by atoms with Gasteiger partial charge in [-0.3, -0.25) is 0 Å². The molecule has 2 aromatic rings. The maximum Gasteiger partial charge on any atom is 0.491 e. The molecule has 1 aliphatic rings. The Hall–Kier alpha value is -1.45. The van der Waals surface area contributed by atoms with Gasteiger partial charge in [-0.25, -0.2) is 9.07 Å². The summed E-state index contributed by atoms with van der Waals surface area (Å²) in [4.78, 5) is 0. The summed E-state index contributed by atoms with van der Waals surface area (Å²) >= 11 is 1.44. The molecule has 0 unspecified atom stereocenters. The SMILES string of the molecule is OB(O)c1cc(CSc2nnnn2C2CC2)ccc1F. The molecule has 0 amide bonds. The number of nitrogens with zero attached hydrogens (tertiary/aromatic N) is 4. The van der Waals surface area contributed by atoms with Crippen molar-refractivity contribution in [1.29, 1.82) is 0 Å². The summed E-state index contributed by atoms with van der Waals surface area (Å²) in [6.07, 6.45) is 2.19. The molecule has 0 saturated heterocycles. The molecule has 2 N–H and O–H groups in total. The molecule has 0 aliphatic heterocycles. The van der Waals surface area contributed by atoms with Crippen LogP contribution in [0.1, 0.15) is 24.4 Å². The van der Waals surface area contributed by atoms with Gasteiger partial charge in [0.05, 0.1) is 6.04 Å². The van der Waals surface area contributed by atoms with Crippen LogP contribution in [0.3, 0.4) is 0 Å². The van der Waals surface area contributed by atoms with Crippen molar-refractivity contribution in [2.24, 2.45) is 0 Å². The van der Waals surface area contributed by atoms with Crippen LogP contribution in [0.25, 0.3) is 0 Å². The highest BCUT2D eigenvalue weighted by atomic mass is 32.2. The van der Waals surface area contributed by atoms with Crippen molar-refractivity contribution in [2.75, 3.05) is 0 Å². The van der Waals surface area contributed by atoms with Gasteiger partial charge in [-0.05, 0) is 34.9 Å². The maximum absolute atomic E-state index is 13.3. The molecule has 104 valence electrons. The Bertz CT molecular complexity index is 620. The fourth-order valence-electron chi connectivity index (χ4n) is 1.86. The van der Waals surface area contributed by atoms with Gasteiger partial charge in [0.1, 0.15) is 5.82 Å². The maximum atomic E-state index is 13.3. The molecular formula is C11H12BFN4O2S. The highest BCUT2D eigenvalue weighted by Gasteiger charge is 2.27. The average molecular weight is 294 g/mol. The molecule has 1 fully saturated rings. The molecular weight excluding hydrogens is 282 g/mol. The van der Waals surface area contributed by atoms with E-state index in [-0.39, 0.29) is 5.46 Å². The van der Waals surface area contributed by atoms with E-state index < -0.39 is 12.9 Å². The lowest BCUT2D eigenvalue weighted by Gasteiger charge is -2.06. The van der Waals surface area contributed by atoms with E-state index in [1.165, 1.54) is 23.9 Å². The van der Waals surface area contributed by atoms with Crippen LogP contribution < -0.4 is 5.46 Å². The quantitative estimate of drug-likeness (QED) is 0.602. The zero-order chi connectivity index (χ0) is 14.1. The van der Waals surface area contributed by atoms with Crippen LogP contribution >= 0.6 is 11.8 Å². The minimum Gasteiger partial charge on any atom is -0.423 e. The second-order valence-corrected chi connectivity index (χ2v) is 5.60.